The first-order chi connectivity index (χ1) is 8.58. The summed E-state index contributed by atoms with van der Waals surface area (Å²) < 4.78 is 0. The molecule has 1 aromatic rings. The van der Waals surface area contributed by atoms with E-state index in [1.807, 2.05) is 37.3 Å². The first kappa shape index (κ1) is 12.6. The number of hydrogen-bond donors (Lipinski definition) is 1. The van der Waals surface area contributed by atoms with E-state index in [0.29, 0.717) is 13.1 Å². The number of benzene rings is 1. The van der Waals surface area contributed by atoms with E-state index in [0.717, 1.165) is 5.56 Å². The highest BCUT2D eigenvalue weighted by molar-refractivity contribution is 5.84. The summed E-state index contributed by atoms with van der Waals surface area (Å²) in [7, 11) is 0. The third kappa shape index (κ3) is 2.70. The summed E-state index contributed by atoms with van der Waals surface area (Å²) in [6.07, 6.45) is 0.156. The smallest absolute Gasteiger partial charge is 0.303 e. The van der Waals surface area contributed by atoms with Crippen molar-refractivity contribution in [2.45, 2.75) is 19.3 Å². The van der Waals surface area contributed by atoms with Gasteiger partial charge in [0.25, 0.3) is 0 Å². The molecule has 96 valence electrons. The van der Waals surface area contributed by atoms with E-state index in [-0.39, 0.29) is 24.2 Å². The highest BCUT2D eigenvalue weighted by atomic mass is 16.4. The first-order valence-corrected chi connectivity index (χ1v) is 6.13. The zero-order valence-corrected chi connectivity index (χ0v) is 10.4. The fourth-order valence-electron chi connectivity index (χ4n) is 2.28. The molecular weight excluding hydrogens is 230 g/mol. The van der Waals surface area contributed by atoms with Gasteiger partial charge in [-0.3, -0.25) is 9.59 Å². The first-order valence-electron chi connectivity index (χ1n) is 6.13. The molecule has 4 heteroatoms. The lowest BCUT2D eigenvalue weighted by molar-refractivity contribution is -0.145. The van der Waals surface area contributed by atoms with Crippen molar-refractivity contribution in [3.8, 4) is 0 Å². The molecule has 1 N–H and O–H groups in total. The van der Waals surface area contributed by atoms with Crippen LogP contribution < -0.4 is 0 Å². The van der Waals surface area contributed by atoms with Crippen molar-refractivity contribution < 1.29 is 14.7 Å². The van der Waals surface area contributed by atoms with Crippen LogP contribution in [0, 0.1) is 5.92 Å². The van der Waals surface area contributed by atoms with Crippen LogP contribution in [0.3, 0.4) is 0 Å². The SMILES string of the molecule is CC(C(=O)N1CC(CC(=O)O)C1)c1ccccc1. The Balaban J connectivity index is 1.88. The van der Waals surface area contributed by atoms with Crippen LogP contribution in [0.4, 0.5) is 0 Å². The second kappa shape index (κ2) is 5.21. The Labute approximate surface area is 106 Å². The van der Waals surface area contributed by atoms with Crippen molar-refractivity contribution in [3.05, 3.63) is 35.9 Å². The molecule has 4 nitrogen and oxygen atoms in total. The minimum absolute atomic E-state index is 0.0860. The molecule has 0 aliphatic carbocycles. The fourth-order valence-corrected chi connectivity index (χ4v) is 2.28. The van der Waals surface area contributed by atoms with Gasteiger partial charge in [-0.15, -0.1) is 0 Å². The number of nitrogens with zero attached hydrogens (tertiary/aromatic N) is 1. The minimum Gasteiger partial charge on any atom is -0.481 e. The van der Waals surface area contributed by atoms with E-state index < -0.39 is 5.97 Å². The molecule has 0 saturated carbocycles. The van der Waals surface area contributed by atoms with E-state index >= 15 is 0 Å². The van der Waals surface area contributed by atoms with Crippen LogP contribution in [0.5, 0.6) is 0 Å². The molecule has 0 aromatic heterocycles. The van der Waals surface area contributed by atoms with E-state index in [1.54, 1.807) is 4.90 Å². The van der Waals surface area contributed by atoms with Crippen molar-refractivity contribution in [2.75, 3.05) is 13.1 Å². The van der Waals surface area contributed by atoms with Gasteiger partial charge in [-0.25, -0.2) is 0 Å². The zero-order valence-electron chi connectivity index (χ0n) is 10.4. The van der Waals surface area contributed by atoms with E-state index in [4.69, 9.17) is 5.11 Å². The second-order valence-electron chi connectivity index (χ2n) is 4.84. The molecule has 1 aromatic carbocycles. The van der Waals surface area contributed by atoms with E-state index in [9.17, 15) is 9.59 Å². The topological polar surface area (TPSA) is 57.6 Å². The van der Waals surface area contributed by atoms with Gasteiger partial charge in [-0.1, -0.05) is 30.3 Å². The van der Waals surface area contributed by atoms with Gasteiger partial charge in [0.2, 0.25) is 5.91 Å². The molecule has 0 spiro atoms. The maximum absolute atomic E-state index is 12.1. The molecule has 1 aliphatic rings. The summed E-state index contributed by atoms with van der Waals surface area (Å²) in [6, 6.07) is 9.65. The maximum atomic E-state index is 12.1. The Kier molecular flexibility index (Phi) is 3.65. The van der Waals surface area contributed by atoms with Gasteiger partial charge in [0.05, 0.1) is 12.3 Å². The third-order valence-electron chi connectivity index (χ3n) is 3.40. The number of amides is 1. The predicted octanol–water partition coefficient (Wildman–Crippen LogP) is 1.72. The summed E-state index contributed by atoms with van der Waals surface area (Å²) >= 11 is 0. The van der Waals surface area contributed by atoms with E-state index in [2.05, 4.69) is 0 Å². The van der Waals surface area contributed by atoms with Crippen molar-refractivity contribution in [3.63, 3.8) is 0 Å². The summed E-state index contributed by atoms with van der Waals surface area (Å²) in [4.78, 5) is 24.4. The third-order valence-corrected chi connectivity index (χ3v) is 3.40. The number of carbonyl (C=O) groups is 2. The highest BCUT2D eigenvalue weighted by Gasteiger charge is 2.34. The molecule has 1 aliphatic heterocycles. The highest BCUT2D eigenvalue weighted by Crippen LogP contribution is 2.25. The zero-order chi connectivity index (χ0) is 13.1. The van der Waals surface area contributed by atoms with Gasteiger partial charge in [0.1, 0.15) is 0 Å². The van der Waals surface area contributed by atoms with Gasteiger partial charge in [-0.2, -0.15) is 0 Å². The lowest BCUT2D eigenvalue weighted by Crippen LogP contribution is -2.51. The number of likely N-dealkylation sites (tertiary alicyclic amines) is 1. The Morgan fingerprint density at radius 2 is 1.94 bits per heavy atom. The molecule has 1 fully saturated rings. The number of aliphatic carboxylic acids is 1. The molecule has 0 radical (unpaired) electrons. The van der Waals surface area contributed by atoms with Gasteiger partial charge in [0.15, 0.2) is 0 Å². The summed E-state index contributed by atoms with van der Waals surface area (Å²) in [5.41, 5.74) is 1.00. The Morgan fingerprint density at radius 3 is 2.50 bits per heavy atom. The number of rotatable bonds is 4. The quantitative estimate of drug-likeness (QED) is 0.881. The summed E-state index contributed by atoms with van der Waals surface area (Å²) in [5.74, 6) is -0.738. The van der Waals surface area contributed by atoms with Crippen molar-refractivity contribution >= 4 is 11.9 Å². The van der Waals surface area contributed by atoms with E-state index in [1.165, 1.54) is 0 Å². The average molecular weight is 247 g/mol. The molecule has 2 rings (SSSR count). The van der Waals surface area contributed by atoms with Crippen molar-refractivity contribution in [1.29, 1.82) is 0 Å². The van der Waals surface area contributed by atoms with Crippen LogP contribution in [0.1, 0.15) is 24.8 Å². The molecule has 1 heterocycles. The predicted molar refractivity (Wildman–Crippen MR) is 67.2 cm³/mol. The maximum Gasteiger partial charge on any atom is 0.303 e. The van der Waals surface area contributed by atoms with Crippen LogP contribution >= 0.6 is 0 Å². The summed E-state index contributed by atoms with van der Waals surface area (Å²) in [5, 5.41) is 8.66. The molecule has 18 heavy (non-hydrogen) atoms. The van der Waals surface area contributed by atoms with Gasteiger partial charge >= 0.3 is 5.97 Å². The average Bonchev–Trinajstić information content (AvgIpc) is 2.32. The monoisotopic (exact) mass is 247 g/mol. The van der Waals surface area contributed by atoms with Crippen molar-refractivity contribution in [1.82, 2.24) is 4.90 Å². The van der Waals surface area contributed by atoms with Crippen LogP contribution in [-0.2, 0) is 9.59 Å². The van der Waals surface area contributed by atoms with Gasteiger partial charge in [-0.05, 0) is 12.5 Å². The second-order valence-corrected chi connectivity index (χ2v) is 4.84. The lowest BCUT2D eigenvalue weighted by atomic mass is 9.92. The molecule has 1 amide bonds. The standard InChI is InChI=1S/C14H17NO3/c1-10(12-5-3-2-4-6-12)14(18)15-8-11(9-15)7-13(16)17/h2-6,10-11H,7-9H2,1H3,(H,16,17). The largest absolute Gasteiger partial charge is 0.481 e. The number of carbonyl (C=O) groups excluding carboxylic acids is 1. The normalized spacial score (nSPS) is 17.1. The summed E-state index contributed by atoms with van der Waals surface area (Å²) in [6.45, 7) is 3.03. The Morgan fingerprint density at radius 1 is 1.33 bits per heavy atom. The number of carboxylic acids is 1. The molecule has 1 atom stereocenters. The van der Waals surface area contributed by atoms with Crippen LogP contribution in [0.15, 0.2) is 30.3 Å². The van der Waals surface area contributed by atoms with Crippen LogP contribution in [0.25, 0.3) is 0 Å². The van der Waals surface area contributed by atoms with Gasteiger partial charge < -0.3 is 10.0 Å². The lowest BCUT2D eigenvalue weighted by Gasteiger charge is -2.40. The molecule has 0 bridgehead atoms. The van der Waals surface area contributed by atoms with Gasteiger partial charge in [0, 0.05) is 19.0 Å². The number of hydrogen-bond acceptors (Lipinski definition) is 2. The Bertz CT molecular complexity index is 438. The van der Waals surface area contributed by atoms with Crippen molar-refractivity contribution in [2.24, 2.45) is 5.92 Å². The molecule has 1 saturated heterocycles. The molecule has 1 unspecified atom stereocenters. The Hall–Kier alpha value is -1.84. The molecular formula is C14H17NO3. The van der Waals surface area contributed by atoms with Crippen LogP contribution in [0.2, 0.25) is 0 Å². The fraction of sp³-hybridized carbons (Fsp3) is 0.429. The number of carboxylic acid groups (broad SMARTS) is 1. The van der Waals surface area contributed by atoms with Crippen LogP contribution in [-0.4, -0.2) is 35.0 Å². The minimum atomic E-state index is -0.789.